The van der Waals surface area contributed by atoms with Crippen molar-refractivity contribution < 1.29 is 58.0 Å². The second kappa shape index (κ2) is 16.0. The number of allylic oxidation sites excluding steroid dienone is 1. The molecule has 9 aliphatic rings. The summed E-state index contributed by atoms with van der Waals surface area (Å²) in [5.74, 6) is -4.43. The molecule has 13 nitrogen and oxygen atoms in total. The van der Waals surface area contributed by atoms with Crippen LogP contribution in [0, 0.1) is 41.4 Å². The fraction of sp³-hybridized carbons (Fsp3) is 0.851. The van der Waals surface area contributed by atoms with Gasteiger partial charge in [0.25, 0.3) is 0 Å². The number of aliphatic carboxylic acids is 1. The van der Waals surface area contributed by atoms with Gasteiger partial charge in [0, 0.05) is 62.8 Å². The maximum atomic E-state index is 12.4. The summed E-state index contributed by atoms with van der Waals surface area (Å²) in [4.78, 5) is 11.0. The zero-order valence-electron chi connectivity index (χ0n) is 36.6. The molecule has 9 heterocycles. The minimum Gasteiger partial charge on any atom is -0.481 e. The van der Waals surface area contributed by atoms with Crippen molar-refractivity contribution in [2.24, 2.45) is 41.4 Å². The van der Waals surface area contributed by atoms with Crippen molar-refractivity contribution in [1.29, 1.82) is 0 Å². The first-order valence-corrected chi connectivity index (χ1v) is 23.3. The zero-order valence-corrected chi connectivity index (χ0v) is 36.6. The minimum absolute atomic E-state index is 0.00371. The quantitative estimate of drug-likeness (QED) is 0.187. The monoisotopic (exact) mass is 841 g/mol. The van der Waals surface area contributed by atoms with Gasteiger partial charge < -0.3 is 53.2 Å². The van der Waals surface area contributed by atoms with Crippen molar-refractivity contribution in [3.05, 3.63) is 36.5 Å². The van der Waals surface area contributed by atoms with Gasteiger partial charge in [-0.3, -0.25) is 10.1 Å². The van der Waals surface area contributed by atoms with Gasteiger partial charge in [-0.25, -0.2) is 0 Å². The highest BCUT2D eigenvalue weighted by Gasteiger charge is 2.64. The smallest absolute Gasteiger partial charge is 0.303 e. The van der Waals surface area contributed by atoms with Crippen LogP contribution in [0.25, 0.3) is 0 Å². The van der Waals surface area contributed by atoms with E-state index in [1.807, 2.05) is 25.2 Å². The van der Waals surface area contributed by atoms with Crippen molar-refractivity contribution in [3.8, 4) is 0 Å². The highest BCUT2D eigenvalue weighted by molar-refractivity contribution is 5.66. The number of carboxylic acid groups (broad SMARTS) is 1. The Balaban J connectivity index is 0.846. The Morgan fingerprint density at radius 3 is 2.48 bits per heavy atom. The molecule has 0 aliphatic carbocycles. The summed E-state index contributed by atoms with van der Waals surface area (Å²) in [7, 11) is 0. The van der Waals surface area contributed by atoms with Gasteiger partial charge in [0.15, 0.2) is 29.4 Å². The van der Waals surface area contributed by atoms with E-state index in [1.54, 1.807) is 0 Å². The molecule has 13 heteroatoms. The first-order chi connectivity index (χ1) is 28.4. The topological polar surface area (TPSA) is 164 Å². The largest absolute Gasteiger partial charge is 0.481 e. The van der Waals surface area contributed by atoms with Crippen molar-refractivity contribution >= 4 is 5.97 Å². The van der Waals surface area contributed by atoms with Crippen molar-refractivity contribution in [3.63, 3.8) is 0 Å². The lowest BCUT2D eigenvalue weighted by atomic mass is 9.76. The van der Waals surface area contributed by atoms with Gasteiger partial charge in [-0.15, -0.1) is 0 Å². The van der Waals surface area contributed by atoms with Crippen LogP contribution >= 0.6 is 0 Å². The van der Waals surface area contributed by atoms with E-state index in [4.69, 9.17) is 43.0 Å². The molecule has 20 atom stereocenters. The predicted octanol–water partition coefficient (Wildman–Crippen LogP) is 6.46. The lowest BCUT2D eigenvalue weighted by molar-refractivity contribution is -0.388. The molecule has 60 heavy (non-hydrogen) atoms. The third-order valence-electron chi connectivity index (χ3n) is 15.9. The number of carboxylic acids is 1. The van der Waals surface area contributed by atoms with Crippen LogP contribution in [0.15, 0.2) is 36.5 Å². The highest BCUT2D eigenvalue weighted by Crippen LogP contribution is 2.56. The number of hydrogen-bond acceptors (Lipinski definition) is 12. The van der Waals surface area contributed by atoms with Gasteiger partial charge in [-0.05, 0) is 80.3 Å². The summed E-state index contributed by atoms with van der Waals surface area (Å²) in [6, 6.07) is 0. The van der Waals surface area contributed by atoms with E-state index in [0.29, 0.717) is 62.7 Å². The lowest BCUT2D eigenvalue weighted by Gasteiger charge is -2.53. The number of carbonyl (C=O) groups is 1. The van der Waals surface area contributed by atoms with E-state index < -0.39 is 59.4 Å². The molecule has 3 spiro atoms. The molecule has 9 rings (SSSR count). The molecule has 0 aromatic carbocycles. The number of nitrogens with one attached hydrogen (secondary N) is 1. The van der Waals surface area contributed by atoms with E-state index >= 15 is 0 Å². The van der Waals surface area contributed by atoms with Gasteiger partial charge in [-0.1, -0.05) is 66.3 Å². The summed E-state index contributed by atoms with van der Waals surface area (Å²) in [6.45, 7) is 18.5. The van der Waals surface area contributed by atoms with Crippen molar-refractivity contribution in [1.82, 2.24) is 5.32 Å². The van der Waals surface area contributed by atoms with Gasteiger partial charge >= 0.3 is 5.97 Å². The summed E-state index contributed by atoms with van der Waals surface area (Å²) in [5, 5.41) is 37.3. The number of fused-ring (bicyclic) bond motifs is 5. The molecule has 20 unspecified atom stereocenters. The summed E-state index contributed by atoms with van der Waals surface area (Å²) >= 11 is 0. The summed E-state index contributed by atoms with van der Waals surface area (Å²) in [6.07, 6.45) is 12.4. The van der Waals surface area contributed by atoms with Crippen LogP contribution in [0.1, 0.15) is 125 Å². The van der Waals surface area contributed by atoms with Crippen LogP contribution in [0.5, 0.6) is 0 Å². The second-order valence-corrected chi connectivity index (χ2v) is 20.9. The summed E-state index contributed by atoms with van der Waals surface area (Å²) < 4.78 is 54.0. The molecule has 8 fully saturated rings. The van der Waals surface area contributed by atoms with Crippen LogP contribution < -0.4 is 5.32 Å². The Bertz CT molecular complexity index is 1690. The Labute approximate surface area is 355 Å². The number of aliphatic hydroxyl groups excluding tert-OH is 1. The molecular formula is C47H71NO12. The molecule has 0 radical (unpaired) electrons. The molecule has 336 valence electrons. The van der Waals surface area contributed by atoms with Gasteiger partial charge in [-0.2, -0.15) is 0 Å². The first kappa shape index (κ1) is 43.5. The maximum absolute atomic E-state index is 12.4. The first-order valence-electron chi connectivity index (χ1n) is 23.3. The van der Waals surface area contributed by atoms with E-state index in [9.17, 15) is 15.0 Å². The lowest BCUT2D eigenvalue weighted by Crippen LogP contribution is -2.62. The van der Waals surface area contributed by atoms with Crippen LogP contribution in [-0.2, 0) is 42.7 Å². The van der Waals surface area contributed by atoms with E-state index in [2.05, 4.69) is 52.6 Å². The average Bonchev–Trinajstić information content (AvgIpc) is 3.87. The molecule has 0 aromatic rings. The van der Waals surface area contributed by atoms with Crippen LogP contribution in [0.4, 0.5) is 0 Å². The number of ether oxygens (including phenoxy) is 8. The van der Waals surface area contributed by atoms with Crippen molar-refractivity contribution in [2.75, 3.05) is 6.54 Å². The molecule has 0 amide bonds. The maximum Gasteiger partial charge on any atom is 0.303 e. The number of rotatable bonds is 9. The van der Waals surface area contributed by atoms with Crippen LogP contribution in [0.3, 0.4) is 0 Å². The Morgan fingerprint density at radius 2 is 1.70 bits per heavy atom. The third-order valence-corrected chi connectivity index (χ3v) is 15.9. The number of hydrogen-bond donors (Lipinski definition) is 4. The fourth-order valence-electron chi connectivity index (χ4n) is 12.9. The van der Waals surface area contributed by atoms with Gasteiger partial charge in [0.2, 0.25) is 0 Å². The third kappa shape index (κ3) is 7.81. The molecule has 0 aromatic heterocycles. The molecule has 8 saturated heterocycles. The molecular weight excluding hydrogens is 771 g/mol. The number of aliphatic hydroxyl groups is 2. The Morgan fingerprint density at radius 1 is 0.900 bits per heavy atom. The molecule has 2 bridgehead atoms. The van der Waals surface area contributed by atoms with E-state index in [0.717, 1.165) is 44.2 Å². The normalized spacial score (nSPS) is 52.9. The SMILES string of the molecule is C=C(CC12CC(C)CC(O1)C1OC3(CC1O2)NCC(C)CC3C)C1OC(O)(C(O)C2CC3CC(C)C4(CCC5(C=CCC(C=CCCC(=O)O)O5)O4)OC3O2)C(C)CC1C. The van der Waals surface area contributed by atoms with E-state index in [-0.39, 0.29) is 54.5 Å². The molecule has 0 saturated carbocycles. The van der Waals surface area contributed by atoms with Crippen LogP contribution in [0.2, 0.25) is 0 Å². The second-order valence-electron chi connectivity index (χ2n) is 20.9. The average molecular weight is 842 g/mol. The standard InChI is InChI=1S/C47H71NO12/c1-26-18-35-40-37(24-45(57-40)30(5)17-27(2)25-48-45)56-44(22-26,55-35)23-29(4)39-28(3)19-32(7)47(52,58-39)41(51)36-21-33-20-31(6)46(59-42(33)53-36)16-15-43(60-46)14-10-12-34(54-43)11-8-9-13-38(49)50/h8,10-11,14,26-28,30-37,39-42,48,51-52H,4,9,12-13,15-25H2,1-3,5-7H3,(H,49,50). The molecule has 4 N–H and O–H groups in total. The minimum atomic E-state index is -1.88. The predicted molar refractivity (Wildman–Crippen MR) is 219 cm³/mol. The van der Waals surface area contributed by atoms with Gasteiger partial charge in [0.1, 0.15) is 17.9 Å². The van der Waals surface area contributed by atoms with Gasteiger partial charge in [0.05, 0.1) is 30.5 Å². The van der Waals surface area contributed by atoms with Crippen molar-refractivity contribution in [2.45, 2.75) is 203 Å². The molecule has 9 aliphatic heterocycles. The zero-order chi connectivity index (χ0) is 42.4. The summed E-state index contributed by atoms with van der Waals surface area (Å²) in [5.41, 5.74) is 0.390. The Hall–Kier alpha value is -1.75. The number of piperidine rings is 1. The Kier molecular flexibility index (Phi) is 11.6. The fourth-order valence-corrected chi connectivity index (χ4v) is 12.9. The van der Waals surface area contributed by atoms with Crippen LogP contribution in [-0.4, -0.2) is 106 Å². The van der Waals surface area contributed by atoms with E-state index in [1.165, 1.54) is 0 Å². The highest BCUT2D eigenvalue weighted by atomic mass is 16.8.